The molecule has 0 N–H and O–H groups in total. The highest BCUT2D eigenvalue weighted by atomic mass is 28.4. The number of ether oxygens (including phenoxy) is 3. The Kier molecular flexibility index (Phi) is 6.71. The van der Waals surface area contributed by atoms with E-state index in [0.717, 1.165) is 32.8 Å². The number of fused-ring (bicyclic) bond motifs is 3. The fraction of sp³-hybridized carbons (Fsp3) is 0.750. The van der Waals surface area contributed by atoms with Crippen LogP contribution in [0, 0.1) is 0 Å². The van der Waals surface area contributed by atoms with E-state index < -0.39 is 20.1 Å². The van der Waals surface area contributed by atoms with Crippen LogP contribution < -0.4 is 0 Å². The largest absolute Gasteiger partial charge is 0.408 e. The Labute approximate surface area is 213 Å². The molecule has 2 aromatic rings. The molecule has 3 aliphatic rings. The van der Waals surface area contributed by atoms with Gasteiger partial charge in [-0.25, -0.2) is 19.9 Å². The van der Waals surface area contributed by atoms with Gasteiger partial charge in [0.1, 0.15) is 24.1 Å². The smallest absolute Gasteiger partial charge is 0.192 e. The number of aromatic nitrogens is 4. The van der Waals surface area contributed by atoms with Gasteiger partial charge in [0.05, 0.1) is 32.5 Å². The molecule has 3 saturated heterocycles. The maximum Gasteiger partial charge on any atom is 0.192 e. The Morgan fingerprint density at radius 3 is 2.67 bits per heavy atom. The normalized spacial score (nSPS) is 29.6. The molecule has 0 saturated carbocycles. The summed E-state index contributed by atoms with van der Waals surface area (Å²) in [5, 5.41) is 0.0684. The third-order valence-corrected chi connectivity index (χ3v) is 12.3. The van der Waals surface area contributed by atoms with E-state index in [2.05, 4.69) is 58.7 Å². The molecule has 2 aromatic heterocycles. The average Bonchev–Trinajstić information content (AvgIpc) is 3.47. The second-order valence-electron chi connectivity index (χ2n) is 11.8. The summed E-state index contributed by atoms with van der Waals surface area (Å²) in [6.45, 7) is 15.8. The Bertz CT molecular complexity index is 1110. The zero-order valence-corrected chi connectivity index (χ0v) is 23.5. The van der Waals surface area contributed by atoms with Crippen LogP contribution in [-0.2, 0) is 18.6 Å². The van der Waals surface area contributed by atoms with Gasteiger partial charge in [0.2, 0.25) is 0 Å². The predicted molar refractivity (Wildman–Crippen MR) is 139 cm³/mol. The molecule has 3 fully saturated rings. The van der Waals surface area contributed by atoms with Crippen molar-refractivity contribution in [3.63, 3.8) is 0 Å². The summed E-state index contributed by atoms with van der Waals surface area (Å²) in [4.78, 5) is 22.2. The van der Waals surface area contributed by atoms with Crippen molar-refractivity contribution in [2.45, 2.75) is 62.9 Å². The minimum atomic E-state index is -2.10. The molecular weight excluding hydrogens is 478 g/mol. The van der Waals surface area contributed by atoms with Crippen molar-refractivity contribution in [2.24, 2.45) is 4.99 Å². The first-order valence-corrected chi connectivity index (χ1v) is 15.6. The van der Waals surface area contributed by atoms with Crippen molar-refractivity contribution in [2.75, 3.05) is 53.6 Å². The van der Waals surface area contributed by atoms with Crippen molar-refractivity contribution in [1.29, 1.82) is 0 Å². The topological polar surface area (TPSA) is 99.4 Å². The minimum Gasteiger partial charge on any atom is -0.408 e. The molecule has 0 radical (unpaired) electrons. The maximum atomic E-state index is 7.06. The van der Waals surface area contributed by atoms with Crippen LogP contribution in [0.15, 0.2) is 17.6 Å². The third kappa shape index (κ3) is 4.59. The van der Waals surface area contributed by atoms with E-state index in [1.165, 1.54) is 6.33 Å². The van der Waals surface area contributed by atoms with E-state index in [-0.39, 0.29) is 17.2 Å². The van der Waals surface area contributed by atoms with Crippen LogP contribution >= 0.6 is 0 Å². The SMILES string of the molecule is CN(C)C=Nc1ncnc2c1ncn2[C@@H]1O[C@@]2(CN3CCOCC3)COC1C2O[Si](C)(C)C(C)(C)C. The van der Waals surface area contributed by atoms with E-state index >= 15 is 0 Å². The minimum absolute atomic E-state index is 0.0684. The molecule has 2 unspecified atom stereocenters. The lowest BCUT2D eigenvalue weighted by Crippen LogP contribution is -2.57. The maximum absolute atomic E-state index is 7.06. The van der Waals surface area contributed by atoms with Crippen LogP contribution in [0.3, 0.4) is 0 Å². The Balaban J connectivity index is 1.50. The number of hydrogen-bond acceptors (Lipinski definition) is 9. The van der Waals surface area contributed by atoms with Crippen LogP contribution in [0.1, 0.15) is 27.0 Å². The van der Waals surface area contributed by atoms with Crippen molar-refractivity contribution in [3.8, 4) is 0 Å². The third-order valence-electron chi connectivity index (χ3n) is 7.82. The molecule has 0 aromatic carbocycles. The van der Waals surface area contributed by atoms with Crippen molar-refractivity contribution < 1.29 is 18.6 Å². The van der Waals surface area contributed by atoms with E-state index in [1.54, 1.807) is 12.7 Å². The van der Waals surface area contributed by atoms with Gasteiger partial charge < -0.3 is 23.5 Å². The molecule has 4 atom stereocenters. The van der Waals surface area contributed by atoms with Crippen LogP contribution in [0.25, 0.3) is 11.2 Å². The molecule has 0 amide bonds. The van der Waals surface area contributed by atoms with Gasteiger partial charge in [0, 0.05) is 33.7 Å². The molecule has 5 rings (SSSR count). The van der Waals surface area contributed by atoms with Crippen LogP contribution in [0.5, 0.6) is 0 Å². The van der Waals surface area contributed by atoms with E-state index in [1.807, 2.05) is 23.6 Å². The monoisotopic (exact) mass is 517 g/mol. The van der Waals surface area contributed by atoms with Gasteiger partial charge in [-0.2, -0.15) is 0 Å². The van der Waals surface area contributed by atoms with E-state index in [0.29, 0.717) is 23.6 Å². The summed E-state index contributed by atoms with van der Waals surface area (Å²) in [5.41, 5.74) is 0.730. The van der Waals surface area contributed by atoms with Gasteiger partial charge in [-0.05, 0) is 18.1 Å². The zero-order chi connectivity index (χ0) is 25.7. The van der Waals surface area contributed by atoms with Gasteiger partial charge in [-0.1, -0.05) is 20.8 Å². The first-order valence-electron chi connectivity index (χ1n) is 12.7. The molecule has 12 heteroatoms. The Hall–Kier alpha value is -1.96. The van der Waals surface area contributed by atoms with Crippen molar-refractivity contribution >= 4 is 31.6 Å². The van der Waals surface area contributed by atoms with Crippen molar-refractivity contribution in [1.82, 2.24) is 29.3 Å². The number of aliphatic imine (C=N–C) groups is 1. The first kappa shape index (κ1) is 25.7. The molecular formula is C24H39N7O4Si. The molecule has 198 valence electrons. The standard InChI is InChI=1S/C24H39N7O4Si/c1-23(2,3)36(6,7)35-19-18-22(34-24(19,13-33-18)12-30-8-10-32-11-9-30)31-16-27-17-20(28-15-29(4)5)25-14-26-21(17)31/h14-16,18-19,22H,8-13H2,1-7H3/t18?,19?,22-,24+/m1/s1. The van der Waals surface area contributed by atoms with E-state index in [9.17, 15) is 0 Å². The second-order valence-corrected chi connectivity index (χ2v) is 16.5. The zero-order valence-electron chi connectivity index (χ0n) is 22.5. The molecule has 2 bridgehead atoms. The second kappa shape index (κ2) is 9.41. The number of rotatable bonds is 7. The highest BCUT2D eigenvalue weighted by Crippen LogP contribution is 2.50. The lowest BCUT2D eigenvalue weighted by Gasteiger charge is -2.42. The molecule has 5 heterocycles. The molecule has 11 nitrogen and oxygen atoms in total. The molecule has 0 aliphatic carbocycles. The van der Waals surface area contributed by atoms with Crippen LogP contribution in [0.4, 0.5) is 5.82 Å². The fourth-order valence-electron chi connectivity index (χ4n) is 4.83. The number of nitrogens with zero attached hydrogens (tertiary/aromatic N) is 7. The van der Waals surface area contributed by atoms with Gasteiger partial charge in [0.25, 0.3) is 0 Å². The summed E-state index contributed by atoms with van der Waals surface area (Å²) in [6.07, 6.45) is 4.13. The quantitative estimate of drug-likeness (QED) is 0.311. The molecule has 0 spiro atoms. The number of hydrogen-bond donors (Lipinski definition) is 0. The van der Waals surface area contributed by atoms with Gasteiger partial charge in [-0.3, -0.25) is 9.47 Å². The summed E-state index contributed by atoms with van der Waals surface area (Å²) in [7, 11) is 1.73. The number of morpholine rings is 1. The summed E-state index contributed by atoms with van der Waals surface area (Å²) >= 11 is 0. The first-order chi connectivity index (χ1) is 17.0. The Morgan fingerprint density at radius 2 is 1.97 bits per heavy atom. The summed E-state index contributed by atoms with van der Waals surface area (Å²) in [6, 6.07) is 0. The summed E-state index contributed by atoms with van der Waals surface area (Å²) in [5.74, 6) is 0.522. The molecule has 3 aliphatic heterocycles. The average molecular weight is 518 g/mol. The molecule has 36 heavy (non-hydrogen) atoms. The van der Waals surface area contributed by atoms with Crippen LogP contribution in [-0.4, -0.2) is 115 Å². The summed E-state index contributed by atoms with van der Waals surface area (Å²) < 4.78 is 28.0. The predicted octanol–water partition coefficient (Wildman–Crippen LogP) is 2.44. The van der Waals surface area contributed by atoms with Crippen LogP contribution in [0.2, 0.25) is 18.1 Å². The van der Waals surface area contributed by atoms with Gasteiger partial charge >= 0.3 is 0 Å². The number of imidazole rings is 1. The lowest BCUT2D eigenvalue weighted by atomic mass is 9.98. The van der Waals surface area contributed by atoms with Gasteiger partial charge in [0.15, 0.2) is 31.5 Å². The lowest BCUT2D eigenvalue weighted by molar-refractivity contribution is -0.181. The highest BCUT2D eigenvalue weighted by Gasteiger charge is 2.65. The Morgan fingerprint density at radius 1 is 1.22 bits per heavy atom. The van der Waals surface area contributed by atoms with Gasteiger partial charge in [-0.15, -0.1) is 0 Å². The fourth-order valence-corrected chi connectivity index (χ4v) is 6.17. The van der Waals surface area contributed by atoms with E-state index in [4.69, 9.17) is 18.6 Å². The van der Waals surface area contributed by atoms with Crippen molar-refractivity contribution in [3.05, 3.63) is 12.7 Å². The highest BCUT2D eigenvalue weighted by molar-refractivity contribution is 6.74.